The van der Waals surface area contributed by atoms with Gasteiger partial charge in [-0.2, -0.15) is 27.8 Å². The zero-order valence-electron chi connectivity index (χ0n) is 15.4. The molecule has 154 valence electrons. The highest BCUT2D eigenvalue weighted by Crippen LogP contribution is 2.31. The highest BCUT2D eigenvalue weighted by molar-refractivity contribution is 7.11. The molecule has 0 radical (unpaired) electrons. The van der Waals surface area contributed by atoms with Crippen molar-refractivity contribution in [1.29, 1.82) is 0 Å². The number of fused-ring (bicyclic) bond motifs is 1. The average Bonchev–Trinajstić information content (AvgIpc) is 3.29. The molecule has 12 heteroatoms. The standard InChI is InChI=1S/C17H17F3N6O2S/c1-10(27)4-15-21-6-11(29-15)7-25-2-3-28-13(8-25)12-5-14(17(18,19)20)24-16-22-9-23-26(12)16/h5-6,9,13H,2-4,7-8H2,1H3. The van der Waals surface area contributed by atoms with Crippen molar-refractivity contribution in [2.45, 2.75) is 32.2 Å². The average molecular weight is 426 g/mol. The second kappa shape index (κ2) is 7.76. The minimum atomic E-state index is -4.59. The van der Waals surface area contributed by atoms with E-state index >= 15 is 0 Å². The number of carbonyl (C=O) groups excluding carboxylic acids is 1. The molecule has 0 spiro atoms. The van der Waals surface area contributed by atoms with Crippen molar-refractivity contribution in [3.05, 3.63) is 39.9 Å². The normalized spacial score (nSPS) is 18.4. The molecule has 0 aromatic carbocycles. The third-order valence-corrected chi connectivity index (χ3v) is 5.41. The molecule has 1 aliphatic heterocycles. The van der Waals surface area contributed by atoms with Gasteiger partial charge in [0.25, 0.3) is 5.78 Å². The van der Waals surface area contributed by atoms with Crippen molar-refractivity contribution in [2.24, 2.45) is 0 Å². The van der Waals surface area contributed by atoms with Crippen LogP contribution in [0.2, 0.25) is 0 Å². The van der Waals surface area contributed by atoms with E-state index in [4.69, 9.17) is 4.74 Å². The fourth-order valence-corrected chi connectivity index (χ4v) is 4.21. The van der Waals surface area contributed by atoms with Gasteiger partial charge in [0, 0.05) is 30.7 Å². The number of ether oxygens (including phenoxy) is 1. The van der Waals surface area contributed by atoms with E-state index in [9.17, 15) is 18.0 Å². The van der Waals surface area contributed by atoms with E-state index in [-0.39, 0.29) is 17.3 Å². The third-order valence-electron chi connectivity index (χ3n) is 4.43. The number of aromatic nitrogens is 5. The second-order valence-corrected chi connectivity index (χ2v) is 7.93. The van der Waals surface area contributed by atoms with Crippen molar-refractivity contribution < 1.29 is 22.7 Å². The maximum atomic E-state index is 13.2. The molecule has 3 aromatic rings. The van der Waals surface area contributed by atoms with Crippen molar-refractivity contribution in [3.8, 4) is 0 Å². The summed E-state index contributed by atoms with van der Waals surface area (Å²) in [6.07, 6.45) is -2.00. The zero-order chi connectivity index (χ0) is 20.6. The number of morpholine rings is 1. The Morgan fingerprint density at radius 1 is 1.38 bits per heavy atom. The lowest BCUT2D eigenvalue weighted by Crippen LogP contribution is -2.38. The molecule has 3 aromatic heterocycles. The number of alkyl halides is 3. The molecule has 0 bridgehead atoms. The lowest BCUT2D eigenvalue weighted by atomic mass is 10.1. The lowest BCUT2D eigenvalue weighted by molar-refractivity contribution is -0.141. The molecule has 0 aliphatic carbocycles. The number of rotatable bonds is 5. The van der Waals surface area contributed by atoms with Crippen LogP contribution < -0.4 is 0 Å². The van der Waals surface area contributed by atoms with Crippen molar-refractivity contribution in [2.75, 3.05) is 19.7 Å². The van der Waals surface area contributed by atoms with Crippen LogP contribution in [-0.4, -0.2) is 54.9 Å². The van der Waals surface area contributed by atoms with Gasteiger partial charge in [-0.15, -0.1) is 11.3 Å². The van der Waals surface area contributed by atoms with Gasteiger partial charge in [-0.25, -0.2) is 9.97 Å². The number of thiazole rings is 1. The van der Waals surface area contributed by atoms with E-state index in [0.29, 0.717) is 32.7 Å². The fourth-order valence-electron chi connectivity index (χ4n) is 3.17. The summed E-state index contributed by atoms with van der Waals surface area (Å²) in [4.78, 5) is 25.9. The summed E-state index contributed by atoms with van der Waals surface area (Å²) < 4.78 is 46.7. The summed E-state index contributed by atoms with van der Waals surface area (Å²) in [5, 5.41) is 4.75. The number of halogens is 3. The molecule has 4 heterocycles. The summed E-state index contributed by atoms with van der Waals surface area (Å²) in [7, 11) is 0. The van der Waals surface area contributed by atoms with Crippen LogP contribution in [0.4, 0.5) is 13.2 Å². The highest BCUT2D eigenvalue weighted by atomic mass is 32.1. The minimum absolute atomic E-state index is 0.0485. The predicted octanol–water partition coefficient (Wildman–Crippen LogP) is 2.30. The molecular formula is C17H17F3N6O2S. The summed E-state index contributed by atoms with van der Waals surface area (Å²) in [6, 6.07) is 0.966. The quantitative estimate of drug-likeness (QED) is 0.619. The second-order valence-electron chi connectivity index (χ2n) is 6.73. The smallest absolute Gasteiger partial charge is 0.369 e. The van der Waals surface area contributed by atoms with Crippen LogP contribution >= 0.6 is 11.3 Å². The van der Waals surface area contributed by atoms with Crippen LogP contribution in [-0.2, 0) is 28.7 Å². The molecule has 29 heavy (non-hydrogen) atoms. The van der Waals surface area contributed by atoms with Gasteiger partial charge in [-0.1, -0.05) is 0 Å². The number of nitrogens with zero attached hydrogens (tertiary/aromatic N) is 6. The Balaban J connectivity index is 1.55. The van der Waals surface area contributed by atoms with Crippen molar-refractivity contribution in [1.82, 2.24) is 29.5 Å². The number of hydrogen-bond acceptors (Lipinski definition) is 8. The molecule has 0 saturated carbocycles. The van der Waals surface area contributed by atoms with E-state index in [0.717, 1.165) is 16.0 Å². The summed E-state index contributed by atoms with van der Waals surface area (Å²) in [6.45, 7) is 3.48. The third kappa shape index (κ3) is 4.43. The first kappa shape index (κ1) is 19.9. The molecule has 1 fully saturated rings. The van der Waals surface area contributed by atoms with Crippen LogP contribution in [0.1, 0.15) is 34.3 Å². The van der Waals surface area contributed by atoms with Crippen LogP contribution in [0.3, 0.4) is 0 Å². The monoisotopic (exact) mass is 426 g/mol. The maximum Gasteiger partial charge on any atom is 0.433 e. The maximum absolute atomic E-state index is 13.2. The Bertz CT molecular complexity index is 1030. The van der Waals surface area contributed by atoms with Crippen LogP contribution in [0.25, 0.3) is 5.78 Å². The fraction of sp³-hybridized carbons (Fsp3) is 0.471. The van der Waals surface area contributed by atoms with E-state index in [1.54, 1.807) is 6.20 Å². The molecule has 1 atom stereocenters. The van der Waals surface area contributed by atoms with Gasteiger partial charge in [0.1, 0.15) is 28.9 Å². The molecule has 1 unspecified atom stereocenters. The van der Waals surface area contributed by atoms with Gasteiger partial charge >= 0.3 is 6.18 Å². The summed E-state index contributed by atoms with van der Waals surface area (Å²) in [5.74, 6) is -0.0702. The number of Topliss-reactive ketones (excluding diaryl/α,β-unsaturated/α-hetero) is 1. The van der Waals surface area contributed by atoms with Gasteiger partial charge in [0.05, 0.1) is 18.7 Å². The zero-order valence-corrected chi connectivity index (χ0v) is 16.2. The molecule has 0 amide bonds. The van der Waals surface area contributed by atoms with Gasteiger partial charge in [0.15, 0.2) is 0 Å². The minimum Gasteiger partial charge on any atom is -0.369 e. The molecular weight excluding hydrogens is 409 g/mol. The molecule has 1 saturated heterocycles. The van der Waals surface area contributed by atoms with Gasteiger partial charge < -0.3 is 4.74 Å². The van der Waals surface area contributed by atoms with Crippen LogP contribution in [0.5, 0.6) is 0 Å². The van der Waals surface area contributed by atoms with E-state index in [1.807, 2.05) is 0 Å². The van der Waals surface area contributed by atoms with Crippen molar-refractivity contribution >= 4 is 22.9 Å². The van der Waals surface area contributed by atoms with Crippen LogP contribution in [0, 0.1) is 0 Å². The number of ketones is 1. The first-order valence-electron chi connectivity index (χ1n) is 8.84. The van der Waals surface area contributed by atoms with Crippen molar-refractivity contribution in [3.63, 3.8) is 0 Å². The molecule has 0 N–H and O–H groups in total. The highest BCUT2D eigenvalue weighted by Gasteiger charge is 2.35. The van der Waals surface area contributed by atoms with Gasteiger partial charge in [-0.05, 0) is 13.0 Å². The Morgan fingerprint density at radius 2 is 2.21 bits per heavy atom. The first-order valence-corrected chi connectivity index (χ1v) is 9.66. The first-order chi connectivity index (χ1) is 13.8. The van der Waals surface area contributed by atoms with Crippen LogP contribution in [0.15, 0.2) is 18.6 Å². The number of hydrogen-bond donors (Lipinski definition) is 0. The predicted molar refractivity (Wildman–Crippen MR) is 96.3 cm³/mol. The number of carbonyl (C=O) groups is 1. The Kier molecular flexibility index (Phi) is 5.32. The topological polar surface area (TPSA) is 85.5 Å². The van der Waals surface area contributed by atoms with Gasteiger partial charge in [-0.3, -0.25) is 9.69 Å². The van der Waals surface area contributed by atoms with E-state index < -0.39 is 18.0 Å². The van der Waals surface area contributed by atoms with Gasteiger partial charge in [0.2, 0.25) is 0 Å². The molecule has 4 rings (SSSR count). The Morgan fingerprint density at radius 3 is 2.97 bits per heavy atom. The lowest BCUT2D eigenvalue weighted by Gasteiger charge is -2.32. The summed E-state index contributed by atoms with van der Waals surface area (Å²) >= 11 is 1.46. The van der Waals surface area contributed by atoms with E-state index in [1.165, 1.54) is 29.1 Å². The largest absolute Gasteiger partial charge is 0.433 e. The Labute approximate surface area is 167 Å². The molecule has 8 nitrogen and oxygen atoms in total. The SMILES string of the molecule is CC(=O)Cc1ncc(CN2CCOC(c3cc(C(F)(F)F)nc4ncnn34)C2)s1. The molecule has 1 aliphatic rings. The Hall–Kier alpha value is -2.44. The van der Waals surface area contributed by atoms with E-state index in [2.05, 4.69) is 25.0 Å². The summed E-state index contributed by atoms with van der Waals surface area (Å²) in [5.41, 5.74) is -0.767.